The van der Waals surface area contributed by atoms with Crippen molar-refractivity contribution in [2.75, 3.05) is 11.4 Å². The Kier molecular flexibility index (Phi) is 2.82. The van der Waals surface area contributed by atoms with Crippen molar-refractivity contribution in [1.82, 2.24) is 0 Å². The van der Waals surface area contributed by atoms with Crippen LogP contribution in [0.25, 0.3) is 6.08 Å². The molecule has 2 bridgehead atoms. The lowest BCUT2D eigenvalue weighted by molar-refractivity contribution is -0.131. The van der Waals surface area contributed by atoms with E-state index in [4.69, 9.17) is 5.11 Å². The molecule has 18 heavy (non-hydrogen) atoms. The van der Waals surface area contributed by atoms with Crippen LogP contribution >= 0.6 is 0 Å². The average Bonchev–Trinajstić information content (AvgIpc) is 2.99. The number of fused-ring (bicyclic) bond motifs is 2. The first kappa shape index (κ1) is 11.3. The van der Waals surface area contributed by atoms with Crippen LogP contribution in [0.4, 0.5) is 5.69 Å². The molecule has 1 N–H and O–H groups in total. The fraction of sp³-hybridized carbons (Fsp3) is 0.400. The lowest BCUT2D eigenvalue weighted by Gasteiger charge is -2.30. The molecule has 0 amide bonds. The van der Waals surface area contributed by atoms with Crippen LogP contribution in [-0.4, -0.2) is 23.7 Å². The summed E-state index contributed by atoms with van der Waals surface area (Å²) in [5.41, 5.74) is 2.19. The van der Waals surface area contributed by atoms with E-state index >= 15 is 0 Å². The molecule has 1 heterocycles. The number of para-hydroxylation sites is 1. The monoisotopic (exact) mass is 243 g/mol. The Labute approximate surface area is 107 Å². The summed E-state index contributed by atoms with van der Waals surface area (Å²) in [4.78, 5) is 13.1. The molecule has 2 unspecified atom stereocenters. The van der Waals surface area contributed by atoms with Crippen LogP contribution in [0.2, 0.25) is 0 Å². The van der Waals surface area contributed by atoms with Gasteiger partial charge in [-0.15, -0.1) is 0 Å². The highest BCUT2D eigenvalue weighted by atomic mass is 16.4. The number of carbonyl (C=O) groups is 1. The van der Waals surface area contributed by atoms with Gasteiger partial charge in [0, 0.05) is 24.4 Å². The normalized spacial score (nSPS) is 26.1. The zero-order valence-electron chi connectivity index (χ0n) is 10.2. The number of hydrogen-bond donors (Lipinski definition) is 1. The number of aliphatic carboxylic acids is 1. The van der Waals surface area contributed by atoms with Crippen LogP contribution in [0, 0.1) is 5.92 Å². The average molecular weight is 243 g/mol. The zero-order valence-corrected chi connectivity index (χ0v) is 10.2. The number of rotatable bonds is 3. The van der Waals surface area contributed by atoms with Gasteiger partial charge in [-0.05, 0) is 42.9 Å². The van der Waals surface area contributed by atoms with Crippen molar-refractivity contribution < 1.29 is 9.90 Å². The first-order valence-electron chi connectivity index (χ1n) is 6.51. The van der Waals surface area contributed by atoms with Gasteiger partial charge in [0.25, 0.3) is 0 Å². The summed E-state index contributed by atoms with van der Waals surface area (Å²) in [6.07, 6.45) is 6.85. The number of carboxylic acid groups (broad SMARTS) is 1. The molecular weight excluding hydrogens is 226 g/mol. The van der Waals surface area contributed by atoms with Crippen LogP contribution < -0.4 is 4.90 Å². The molecule has 3 heteroatoms. The highest BCUT2D eigenvalue weighted by Crippen LogP contribution is 2.41. The first-order valence-corrected chi connectivity index (χ1v) is 6.51. The van der Waals surface area contributed by atoms with E-state index in [0.717, 1.165) is 18.0 Å². The molecule has 1 aliphatic carbocycles. The molecule has 0 aromatic heterocycles. The van der Waals surface area contributed by atoms with E-state index in [1.165, 1.54) is 31.0 Å². The van der Waals surface area contributed by atoms with Crippen molar-refractivity contribution in [3.05, 3.63) is 35.9 Å². The first-order chi connectivity index (χ1) is 8.74. The van der Waals surface area contributed by atoms with E-state index in [1.807, 2.05) is 18.2 Å². The van der Waals surface area contributed by atoms with E-state index in [1.54, 1.807) is 6.08 Å². The molecule has 3 rings (SSSR count). The second kappa shape index (κ2) is 4.48. The molecule has 3 nitrogen and oxygen atoms in total. The van der Waals surface area contributed by atoms with E-state index in [0.29, 0.717) is 6.04 Å². The second-order valence-corrected chi connectivity index (χ2v) is 5.22. The smallest absolute Gasteiger partial charge is 0.328 e. The molecule has 0 spiro atoms. The third-order valence-electron chi connectivity index (χ3n) is 4.06. The summed E-state index contributed by atoms with van der Waals surface area (Å²) < 4.78 is 0. The minimum Gasteiger partial charge on any atom is -0.478 e. The Morgan fingerprint density at radius 1 is 1.33 bits per heavy atom. The summed E-state index contributed by atoms with van der Waals surface area (Å²) >= 11 is 0. The van der Waals surface area contributed by atoms with Gasteiger partial charge in [-0.1, -0.05) is 18.2 Å². The summed E-state index contributed by atoms with van der Waals surface area (Å²) in [7, 11) is 0. The molecule has 1 aromatic carbocycles. The van der Waals surface area contributed by atoms with Gasteiger partial charge in [0.2, 0.25) is 0 Å². The molecule has 1 saturated carbocycles. The van der Waals surface area contributed by atoms with Gasteiger partial charge < -0.3 is 10.0 Å². The van der Waals surface area contributed by atoms with E-state index in [9.17, 15) is 4.79 Å². The molecule has 0 radical (unpaired) electrons. The fourth-order valence-electron chi connectivity index (χ4n) is 3.27. The Hall–Kier alpha value is -1.77. The van der Waals surface area contributed by atoms with Crippen molar-refractivity contribution >= 4 is 17.7 Å². The lowest BCUT2D eigenvalue weighted by Crippen LogP contribution is -2.32. The van der Waals surface area contributed by atoms with Crippen molar-refractivity contribution in [2.24, 2.45) is 5.92 Å². The van der Waals surface area contributed by atoms with Crippen LogP contribution in [0.3, 0.4) is 0 Å². The summed E-state index contributed by atoms with van der Waals surface area (Å²) in [6, 6.07) is 8.73. The molecule has 1 saturated heterocycles. The maximum Gasteiger partial charge on any atom is 0.328 e. The molecule has 1 aliphatic heterocycles. The SMILES string of the molecule is O=C(O)C=Cc1ccccc1N1CC2CCC1C2. The van der Waals surface area contributed by atoms with Crippen LogP contribution in [0.15, 0.2) is 30.3 Å². The number of piperidine rings is 1. The predicted octanol–water partition coefficient (Wildman–Crippen LogP) is 2.77. The Balaban J connectivity index is 1.90. The number of nitrogens with zero attached hydrogens (tertiary/aromatic N) is 1. The number of anilines is 1. The van der Waals surface area contributed by atoms with E-state index in [2.05, 4.69) is 11.0 Å². The highest BCUT2D eigenvalue weighted by molar-refractivity contribution is 5.87. The summed E-state index contributed by atoms with van der Waals surface area (Å²) in [5, 5.41) is 8.74. The van der Waals surface area contributed by atoms with Gasteiger partial charge in [0.15, 0.2) is 0 Å². The molecule has 2 aliphatic rings. The zero-order chi connectivity index (χ0) is 12.5. The molecule has 2 atom stereocenters. The van der Waals surface area contributed by atoms with Crippen LogP contribution in [0.5, 0.6) is 0 Å². The van der Waals surface area contributed by atoms with Crippen molar-refractivity contribution in [1.29, 1.82) is 0 Å². The molecule has 1 aromatic rings. The van der Waals surface area contributed by atoms with Gasteiger partial charge in [0.05, 0.1) is 0 Å². The highest BCUT2D eigenvalue weighted by Gasteiger charge is 2.38. The maximum absolute atomic E-state index is 10.6. The van der Waals surface area contributed by atoms with Gasteiger partial charge in [-0.3, -0.25) is 0 Å². The number of carboxylic acids is 1. The largest absolute Gasteiger partial charge is 0.478 e. The summed E-state index contributed by atoms with van der Waals surface area (Å²) in [6.45, 7) is 1.13. The van der Waals surface area contributed by atoms with E-state index < -0.39 is 5.97 Å². The Bertz CT molecular complexity index is 495. The third-order valence-corrected chi connectivity index (χ3v) is 4.06. The third kappa shape index (κ3) is 2.01. The molecular formula is C15H17NO2. The van der Waals surface area contributed by atoms with Crippen molar-refractivity contribution in [3.8, 4) is 0 Å². The van der Waals surface area contributed by atoms with E-state index in [-0.39, 0.29) is 0 Å². The van der Waals surface area contributed by atoms with Crippen LogP contribution in [-0.2, 0) is 4.79 Å². The van der Waals surface area contributed by atoms with Gasteiger partial charge >= 0.3 is 5.97 Å². The minimum atomic E-state index is -0.896. The minimum absolute atomic E-state index is 0.661. The quantitative estimate of drug-likeness (QED) is 0.830. The van der Waals surface area contributed by atoms with Crippen LogP contribution in [0.1, 0.15) is 24.8 Å². The van der Waals surface area contributed by atoms with Gasteiger partial charge in [-0.2, -0.15) is 0 Å². The number of hydrogen-bond acceptors (Lipinski definition) is 2. The standard InChI is InChI=1S/C15H17NO2/c17-15(18)8-6-12-3-1-2-4-14(12)16-10-11-5-7-13(16)9-11/h1-4,6,8,11,13H,5,7,9-10H2,(H,17,18). The maximum atomic E-state index is 10.6. The molecule has 94 valence electrons. The Morgan fingerprint density at radius 3 is 2.83 bits per heavy atom. The van der Waals surface area contributed by atoms with Gasteiger partial charge in [0.1, 0.15) is 0 Å². The topological polar surface area (TPSA) is 40.5 Å². The Morgan fingerprint density at radius 2 is 2.17 bits per heavy atom. The second-order valence-electron chi connectivity index (χ2n) is 5.22. The van der Waals surface area contributed by atoms with Crippen molar-refractivity contribution in [3.63, 3.8) is 0 Å². The van der Waals surface area contributed by atoms with Gasteiger partial charge in [-0.25, -0.2) is 4.79 Å². The number of benzene rings is 1. The molecule has 2 fully saturated rings. The van der Waals surface area contributed by atoms with Crippen molar-refractivity contribution in [2.45, 2.75) is 25.3 Å². The summed E-state index contributed by atoms with van der Waals surface area (Å²) in [5.74, 6) is -0.0562. The fourth-order valence-corrected chi connectivity index (χ4v) is 3.27. The predicted molar refractivity (Wildman–Crippen MR) is 71.6 cm³/mol. The lowest BCUT2D eigenvalue weighted by atomic mass is 10.1.